The maximum absolute atomic E-state index is 9.22. The van der Waals surface area contributed by atoms with Crippen molar-refractivity contribution < 1.29 is 9.84 Å². The largest absolute Gasteiger partial charge is 0.488 e. The Morgan fingerprint density at radius 2 is 1.90 bits per heavy atom. The molecule has 1 atom stereocenters. The molecule has 0 amide bonds. The molecule has 3 nitrogen and oxygen atoms in total. The van der Waals surface area contributed by atoms with Crippen molar-refractivity contribution in [1.82, 2.24) is 5.32 Å². The Labute approximate surface area is 134 Å². The Morgan fingerprint density at radius 1 is 1.14 bits per heavy atom. The number of aliphatic hydroxyl groups excluding tert-OH is 1. The summed E-state index contributed by atoms with van der Waals surface area (Å²) in [6, 6.07) is 16.1. The predicted octanol–water partition coefficient (Wildman–Crippen LogP) is 3.50. The fraction of sp³-hybridized carbons (Fsp3) is 0.294. The first kappa shape index (κ1) is 16.0. The Kier molecular flexibility index (Phi) is 6.23. The van der Waals surface area contributed by atoms with Crippen LogP contribution in [-0.2, 0) is 13.2 Å². The molecule has 2 aromatic rings. The zero-order valence-corrected chi connectivity index (χ0v) is 13.6. The van der Waals surface area contributed by atoms with Crippen molar-refractivity contribution in [2.24, 2.45) is 0 Å². The second kappa shape index (κ2) is 8.17. The molecule has 0 saturated heterocycles. The smallest absolute Gasteiger partial charge is 0.134 e. The molecular formula is C17H20BrNO2. The Hall–Kier alpha value is -1.36. The van der Waals surface area contributed by atoms with Gasteiger partial charge in [-0.3, -0.25) is 0 Å². The summed E-state index contributed by atoms with van der Waals surface area (Å²) in [5, 5.41) is 12.4. The minimum atomic E-state index is -0.332. The van der Waals surface area contributed by atoms with Gasteiger partial charge in [0.1, 0.15) is 12.4 Å². The molecule has 0 aliphatic heterocycles. The quantitative estimate of drug-likeness (QED) is 0.803. The lowest BCUT2D eigenvalue weighted by Crippen LogP contribution is -2.23. The first-order chi connectivity index (χ1) is 10.1. The lowest BCUT2D eigenvalue weighted by atomic mass is 10.2. The van der Waals surface area contributed by atoms with Gasteiger partial charge in [0, 0.05) is 13.1 Å². The maximum Gasteiger partial charge on any atom is 0.134 e. The molecule has 0 radical (unpaired) electrons. The number of rotatable bonds is 7. The van der Waals surface area contributed by atoms with Crippen molar-refractivity contribution in [2.45, 2.75) is 26.2 Å². The third kappa shape index (κ3) is 5.50. The van der Waals surface area contributed by atoms with Gasteiger partial charge in [0.2, 0.25) is 0 Å². The lowest BCUT2D eigenvalue weighted by molar-refractivity contribution is 0.191. The maximum atomic E-state index is 9.22. The van der Waals surface area contributed by atoms with Gasteiger partial charge in [-0.1, -0.05) is 36.4 Å². The van der Waals surface area contributed by atoms with Gasteiger partial charge >= 0.3 is 0 Å². The second-order valence-corrected chi connectivity index (χ2v) is 5.87. The molecule has 0 aliphatic carbocycles. The van der Waals surface area contributed by atoms with E-state index in [2.05, 4.69) is 21.2 Å². The van der Waals surface area contributed by atoms with Crippen molar-refractivity contribution >= 4 is 15.9 Å². The van der Waals surface area contributed by atoms with E-state index < -0.39 is 0 Å². The standard InChI is InChI=1S/C17H20BrNO2/c1-13(20)10-19-11-15-7-8-17(16(18)9-15)21-12-14-5-3-2-4-6-14/h2-9,13,19-20H,10-12H2,1H3. The first-order valence-corrected chi connectivity index (χ1v) is 7.78. The van der Waals surface area contributed by atoms with Crippen molar-refractivity contribution in [3.05, 3.63) is 64.1 Å². The molecule has 0 aromatic heterocycles. The van der Waals surface area contributed by atoms with Crippen LogP contribution in [0.5, 0.6) is 5.75 Å². The molecule has 2 N–H and O–H groups in total. The highest BCUT2D eigenvalue weighted by molar-refractivity contribution is 9.10. The third-order valence-electron chi connectivity index (χ3n) is 3.00. The SMILES string of the molecule is CC(O)CNCc1ccc(OCc2ccccc2)c(Br)c1. The molecule has 0 spiro atoms. The first-order valence-electron chi connectivity index (χ1n) is 6.99. The summed E-state index contributed by atoms with van der Waals surface area (Å²) in [6.07, 6.45) is -0.332. The number of aliphatic hydroxyl groups is 1. The molecule has 0 saturated carbocycles. The minimum absolute atomic E-state index is 0.332. The molecular weight excluding hydrogens is 330 g/mol. The minimum Gasteiger partial charge on any atom is -0.488 e. The third-order valence-corrected chi connectivity index (χ3v) is 3.62. The molecule has 1 unspecified atom stereocenters. The molecule has 0 fully saturated rings. The molecule has 0 bridgehead atoms. The Morgan fingerprint density at radius 3 is 2.57 bits per heavy atom. The molecule has 21 heavy (non-hydrogen) atoms. The highest BCUT2D eigenvalue weighted by atomic mass is 79.9. The molecule has 2 rings (SSSR count). The van der Waals surface area contributed by atoms with Gasteiger partial charge in [0.05, 0.1) is 10.6 Å². The summed E-state index contributed by atoms with van der Waals surface area (Å²) in [6.45, 7) is 3.63. The monoisotopic (exact) mass is 349 g/mol. The van der Waals surface area contributed by atoms with Crippen LogP contribution in [0.1, 0.15) is 18.1 Å². The van der Waals surface area contributed by atoms with Crippen LogP contribution in [0.3, 0.4) is 0 Å². The number of ether oxygens (including phenoxy) is 1. The predicted molar refractivity (Wildman–Crippen MR) is 88.3 cm³/mol. The van der Waals surface area contributed by atoms with E-state index in [1.165, 1.54) is 0 Å². The highest BCUT2D eigenvalue weighted by Gasteiger charge is 2.04. The van der Waals surface area contributed by atoms with E-state index in [9.17, 15) is 5.11 Å². The van der Waals surface area contributed by atoms with Gasteiger partial charge in [-0.25, -0.2) is 0 Å². The Balaban J connectivity index is 1.90. The van der Waals surface area contributed by atoms with Crippen LogP contribution in [0.4, 0.5) is 0 Å². The number of halogens is 1. The van der Waals surface area contributed by atoms with Gasteiger partial charge in [-0.05, 0) is 46.1 Å². The summed E-state index contributed by atoms with van der Waals surface area (Å²) >= 11 is 3.54. The fourth-order valence-electron chi connectivity index (χ4n) is 1.93. The number of benzene rings is 2. The van der Waals surface area contributed by atoms with Crippen LogP contribution in [-0.4, -0.2) is 17.8 Å². The van der Waals surface area contributed by atoms with Crippen molar-refractivity contribution in [3.8, 4) is 5.75 Å². The second-order valence-electron chi connectivity index (χ2n) is 5.02. The zero-order chi connectivity index (χ0) is 15.1. The van der Waals surface area contributed by atoms with E-state index in [4.69, 9.17) is 4.74 Å². The van der Waals surface area contributed by atoms with E-state index in [-0.39, 0.29) is 6.10 Å². The zero-order valence-electron chi connectivity index (χ0n) is 12.1. The van der Waals surface area contributed by atoms with Crippen molar-refractivity contribution in [1.29, 1.82) is 0 Å². The van der Waals surface area contributed by atoms with Crippen LogP contribution in [0.25, 0.3) is 0 Å². The molecule has 0 aliphatic rings. The van der Waals surface area contributed by atoms with Crippen LogP contribution in [0.15, 0.2) is 53.0 Å². The topological polar surface area (TPSA) is 41.5 Å². The average Bonchev–Trinajstić information content (AvgIpc) is 2.47. The number of nitrogens with one attached hydrogen (secondary N) is 1. The van der Waals surface area contributed by atoms with Crippen LogP contribution < -0.4 is 10.1 Å². The van der Waals surface area contributed by atoms with Gasteiger partial charge in [0.15, 0.2) is 0 Å². The van der Waals surface area contributed by atoms with Gasteiger partial charge in [0.25, 0.3) is 0 Å². The van der Waals surface area contributed by atoms with E-state index in [0.29, 0.717) is 13.2 Å². The lowest BCUT2D eigenvalue weighted by Gasteiger charge is -2.11. The van der Waals surface area contributed by atoms with Crippen LogP contribution in [0.2, 0.25) is 0 Å². The summed E-state index contributed by atoms with van der Waals surface area (Å²) in [5.41, 5.74) is 2.29. The summed E-state index contributed by atoms with van der Waals surface area (Å²) in [4.78, 5) is 0. The average molecular weight is 350 g/mol. The van der Waals surface area contributed by atoms with Gasteiger partial charge in [-0.2, -0.15) is 0 Å². The van der Waals surface area contributed by atoms with Crippen molar-refractivity contribution in [2.75, 3.05) is 6.54 Å². The molecule has 4 heteroatoms. The van der Waals surface area contributed by atoms with Crippen molar-refractivity contribution in [3.63, 3.8) is 0 Å². The molecule has 0 heterocycles. The van der Waals surface area contributed by atoms with Crippen LogP contribution in [0, 0.1) is 0 Å². The number of hydrogen-bond donors (Lipinski definition) is 2. The summed E-state index contributed by atoms with van der Waals surface area (Å²) in [7, 11) is 0. The molecule has 2 aromatic carbocycles. The van der Waals surface area contributed by atoms with Gasteiger partial charge in [-0.15, -0.1) is 0 Å². The summed E-state index contributed by atoms with van der Waals surface area (Å²) in [5.74, 6) is 0.832. The Bertz CT molecular complexity index is 558. The number of hydrogen-bond acceptors (Lipinski definition) is 3. The molecule has 112 valence electrons. The van der Waals surface area contributed by atoms with E-state index in [1.807, 2.05) is 48.5 Å². The van der Waals surface area contributed by atoms with Gasteiger partial charge < -0.3 is 15.2 Å². The summed E-state index contributed by atoms with van der Waals surface area (Å²) < 4.78 is 6.75. The van der Waals surface area contributed by atoms with Crippen LogP contribution >= 0.6 is 15.9 Å². The van der Waals surface area contributed by atoms with E-state index in [1.54, 1.807) is 6.92 Å². The fourth-order valence-corrected chi connectivity index (χ4v) is 2.47. The van der Waals surface area contributed by atoms with E-state index in [0.717, 1.165) is 27.9 Å². The highest BCUT2D eigenvalue weighted by Crippen LogP contribution is 2.26. The van der Waals surface area contributed by atoms with E-state index >= 15 is 0 Å². The normalized spacial score (nSPS) is 12.1.